The predicted molar refractivity (Wildman–Crippen MR) is 77.8 cm³/mol. The second-order valence-electron chi connectivity index (χ2n) is 5.29. The fourth-order valence-electron chi connectivity index (χ4n) is 2.79. The molecule has 4 heteroatoms. The van der Waals surface area contributed by atoms with Gasteiger partial charge < -0.3 is 10.6 Å². The number of hydrogen-bond donors (Lipinski definition) is 1. The Labute approximate surface area is 113 Å². The molecular weight excluding hydrogens is 236 g/mol. The zero-order valence-electron chi connectivity index (χ0n) is 11.3. The van der Waals surface area contributed by atoms with Gasteiger partial charge >= 0.3 is 0 Å². The Morgan fingerprint density at radius 1 is 1.16 bits per heavy atom. The normalized spacial score (nSPS) is 17.7. The molecule has 0 bridgehead atoms. The minimum atomic E-state index is 0.462. The van der Waals surface area contributed by atoms with Gasteiger partial charge in [0.05, 0.1) is 23.6 Å². The lowest BCUT2D eigenvalue weighted by atomic mass is 10.0. The molecule has 1 aromatic heterocycles. The van der Waals surface area contributed by atoms with Crippen molar-refractivity contribution in [1.29, 1.82) is 0 Å². The lowest BCUT2D eigenvalue weighted by Crippen LogP contribution is -2.32. The number of likely N-dealkylation sites (tertiary alicyclic amines) is 1. The zero-order chi connectivity index (χ0) is 13.2. The van der Waals surface area contributed by atoms with Gasteiger partial charge in [-0.1, -0.05) is 30.3 Å². The number of nitrogen functional groups attached to an aromatic ring is 1. The molecule has 0 unspecified atom stereocenters. The van der Waals surface area contributed by atoms with Crippen molar-refractivity contribution in [2.45, 2.75) is 18.9 Å². The van der Waals surface area contributed by atoms with Crippen LogP contribution in [0, 0.1) is 0 Å². The Hall–Kier alpha value is -1.81. The smallest absolute Gasteiger partial charge is 0.0915 e. The Kier molecular flexibility index (Phi) is 3.25. The molecular formula is C15H20N4. The van der Waals surface area contributed by atoms with Crippen LogP contribution in [0.25, 0.3) is 11.3 Å². The largest absolute Gasteiger partial charge is 0.396 e. The van der Waals surface area contributed by atoms with Crippen LogP contribution in [0.2, 0.25) is 0 Å². The highest BCUT2D eigenvalue weighted by Gasteiger charge is 2.22. The van der Waals surface area contributed by atoms with Gasteiger partial charge in [-0.3, -0.25) is 4.68 Å². The summed E-state index contributed by atoms with van der Waals surface area (Å²) >= 11 is 0. The third kappa shape index (κ3) is 2.36. The number of benzene rings is 1. The Morgan fingerprint density at radius 3 is 2.53 bits per heavy atom. The van der Waals surface area contributed by atoms with Gasteiger partial charge in [0.2, 0.25) is 0 Å². The average molecular weight is 256 g/mol. The third-order valence-electron chi connectivity index (χ3n) is 3.90. The van der Waals surface area contributed by atoms with Crippen molar-refractivity contribution >= 4 is 5.69 Å². The van der Waals surface area contributed by atoms with E-state index < -0.39 is 0 Å². The first-order valence-electron chi connectivity index (χ1n) is 6.82. The molecule has 0 saturated carbocycles. The molecule has 100 valence electrons. The van der Waals surface area contributed by atoms with Crippen LogP contribution in [0.4, 0.5) is 5.69 Å². The van der Waals surface area contributed by atoms with E-state index >= 15 is 0 Å². The van der Waals surface area contributed by atoms with Crippen molar-refractivity contribution in [3.63, 3.8) is 0 Å². The first kappa shape index (κ1) is 12.2. The molecule has 0 amide bonds. The van der Waals surface area contributed by atoms with Gasteiger partial charge in [-0.15, -0.1) is 0 Å². The molecule has 1 aliphatic heterocycles. The molecule has 19 heavy (non-hydrogen) atoms. The summed E-state index contributed by atoms with van der Waals surface area (Å²) in [6, 6.07) is 10.8. The molecule has 0 radical (unpaired) electrons. The van der Waals surface area contributed by atoms with Gasteiger partial charge in [-0.05, 0) is 33.0 Å². The minimum Gasteiger partial charge on any atom is -0.396 e. The van der Waals surface area contributed by atoms with Gasteiger partial charge in [-0.2, -0.15) is 5.10 Å². The highest BCUT2D eigenvalue weighted by atomic mass is 15.3. The molecule has 0 spiro atoms. The van der Waals surface area contributed by atoms with Crippen LogP contribution in [-0.4, -0.2) is 34.8 Å². The summed E-state index contributed by atoms with van der Waals surface area (Å²) in [6.07, 6.45) is 4.05. The summed E-state index contributed by atoms with van der Waals surface area (Å²) in [5, 5.41) is 4.51. The van der Waals surface area contributed by atoms with Crippen molar-refractivity contribution in [3.8, 4) is 11.3 Å². The van der Waals surface area contributed by atoms with Crippen LogP contribution in [0.5, 0.6) is 0 Å². The van der Waals surface area contributed by atoms with E-state index in [1.54, 1.807) is 6.20 Å². The van der Waals surface area contributed by atoms with Crippen molar-refractivity contribution < 1.29 is 0 Å². The number of aromatic nitrogens is 2. The maximum Gasteiger partial charge on any atom is 0.0915 e. The summed E-state index contributed by atoms with van der Waals surface area (Å²) in [7, 11) is 2.17. The Balaban J connectivity index is 1.95. The SMILES string of the molecule is CN1CCC(n2ncc(N)c2-c2ccccc2)CC1. The molecule has 1 saturated heterocycles. The van der Waals surface area contributed by atoms with Crippen molar-refractivity contribution in [2.75, 3.05) is 25.9 Å². The second kappa shape index (κ2) is 5.05. The van der Waals surface area contributed by atoms with Crippen molar-refractivity contribution in [3.05, 3.63) is 36.5 Å². The predicted octanol–water partition coefficient (Wildman–Crippen LogP) is 2.40. The lowest BCUT2D eigenvalue weighted by Gasteiger charge is -2.30. The molecule has 2 N–H and O–H groups in total. The van der Waals surface area contributed by atoms with E-state index in [-0.39, 0.29) is 0 Å². The number of piperidine rings is 1. The topological polar surface area (TPSA) is 47.1 Å². The molecule has 1 aromatic carbocycles. The summed E-state index contributed by atoms with van der Waals surface area (Å²) in [4.78, 5) is 2.37. The Morgan fingerprint density at radius 2 is 1.84 bits per heavy atom. The summed E-state index contributed by atoms with van der Waals surface area (Å²) in [5.74, 6) is 0. The third-order valence-corrected chi connectivity index (χ3v) is 3.90. The van der Waals surface area contributed by atoms with E-state index in [0.717, 1.165) is 42.9 Å². The summed E-state index contributed by atoms with van der Waals surface area (Å²) in [6.45, 7) is 2.25. The van der Waals surface area contributed by atoms with E-state index in [2.05, 4.69) is 33.9 Å². The highest BCUT2D eigenvalue weighted by molar-refractivity contribution is 5.72. The number of anilines is 1. The summed E-state index contributed by atoms with van der Waals surface area (Å²) < 4.78 is 2.12. The average Bonchev–Trinajstić information content (AvgIpc) is 2.82. The number of rotatable bonds is 2. The standard InChI is InChI=1S/C15H20N4/c1-18-9-7-13(8-10-18)19-15(14(16)11-17-19)12-5-3-2-4-6-12/h2-6,11,13H,7-10,16H2,1H3. The molecule has 4 nitrogen and oxygen atoms in total. The number of hydrogen-bond acceptors (Lipinski definition) is 3. The number of nitrogens with two attached hydrogens (primary N) is 1. The van der Waals surface area contributed by atoms with E-state index in [9.17, 15) is 0 Å². The van der Waals surface area contributed by atoms with Crippen molar-refractivity contribution in [1.82, 2.24) is 14.7 Å². The van der Waals surface area contributed by atoms with Crippen LogP contribution in [0.1, 0.15) is 18.9 Å². The first-order valence-corrected chi connectivity index (χ1v) is 6.82. The molecule has 2 heterocycles. The van der Waals surface area contributed by atoms with Gasteiger partial charge in [-0.25, -0.2) is 0 Å². The monoisotopic (exact) mass is 256 g/mol. The maximum atomic E-state index is 6.11. The van der Waals surface area contributed by atoms with Gasteiger partial charge in [0, 0.05) is 5.56 Å². The quantitative estimate of drug-likeness (QED) is 0.897. The first-order chi connectivity index (χ1) is 9.25. The Bertz CT molecular complexity index is 539. The molecule has 3 rings (SSSR count). The minimum absolute atomic E-state index is 0.462. The van der Waals surface area contributed by atoms with Crippen LogP contribution in [-0.2, 0) is 0 Å². The summed E-state index contributed by atoms with van der Waals surface area (Å²) in [5.41, 5.74) is 9.10. The fraction of sp³-hybridized carbons (Fsp3) is 0.400. The van der Waals surface area contributed by atoms with Gasteiger partial charge in [0.15, 0.2) is 0 Å². The molecule has 0 aliphatic carbocycles. The highest BCUT2D eigenvalue weighted by Crippen LogP contribution is 2.31. The fourth-order valence-corrected chi connectivity index (χ4v) is 2.79. The van der Waals surface area contributed by atoms with Crippen LogP contribution in [0.15, 0.2) is 36.5 Å². The van der Waals surface area contributed by atoms with E-state index in [4.69, 9.17) is 5.73 Å². The zero-order valence-corrected chi connectivity index (χ0v) is 11.3. The number of nitrogens with zero attached hydrogens (tertiary/aromatic N) is 3. The van der Waals surface area contributed by atoms with E-state index in [0.29, 0.717) is 6.04 Å². The van der Waals surface area contributed by atoms with Crippen molar-refractivity contribution in [2.24, 2.45) is 0 Å². The maximum absolute atomic E-state index is 6.11. The second-order valence-corrected chi connectivity index (χ2v) is 5.29. The molecule has 1 fully saturated rings. The molecule has 2 aromatic rings. The molecule has 0 atom stereocenters. The van der Waals surface area contributed by atoms with E-state index in [1.165, 1.54) is 0 Å². The van der Waals surface area contributed by atoms with Crippen LogP contribution in [0.3, 0.4) is 0 Å². The lowest BCUT2D eigenvalue weighted by molar-refractivity contribution is 0.213. The van der Waals surface area contributed by atoms with Gasteiger partial charge in [0.25, 0.3) is 0 Å². The van der Waals surface area contributed by atoms with Crippen LogP contribution >= 0.6 is 0 Å². The molecule has 1 aliphatic rings. The van der Waals surface area contributed by atoms with Crippen LogP contribution < -0.4 is 5.73 Å². The van der Waals surface area contributed by atoms with Gasteiger partial charge in [0.1, 0.15) is 0 Å². The van der Waals surface area contributed by atoms with E-state index in [1.807, 2.05) is 18.2 Å².